The third-order valence-corrected chi connectivity index (χ3v) is 5.14. The second kappa shape index (κ2) is 4.57. The van der Waals surface area contributed by atoms with Gasteiger partial charge in [-0.15, -0.1) is 0 Å². The van der Waals surface area contributed by atoms with Crippen LogP contribution < -0.4 is 5.32 Å². The fourth-order valence-corrected chi connectivity index (χ4v) is 3.83. The molecular formula is C14H8F3NO3S. The Bertz CT molecular complexity index is 888. The summed E-state index contributed by atoms with van der Waals surface area (Å²) < 4.78 is 63.3. The van der Waals surface area contributed by atoms with Crippen LogP contribution >= 0.6 is 0 Å². The second-order valence-electron chi connectivity index (χ2n) is 4.66. The topological polar surface area (TPSA) is 63.2 Å². The zero-order chi connectivity index (χ0) is 16.1. The van der Waals surface area contributed by atoms with Crippen molar-refractivity contribution in [2.24, 2.45) is 0 Å². The van der Waals surface area contributed by atoms with Crippen LogP contribution in [0.25, 0.3) is 0 Å². The summed E-state index contributed by atoms with van der Waals surface area (Å²) in [4.78, 5) is 11.5. The lowest BCUT2D eigenvalue weighted by Crippen LogP contribution is -2.12. The van der Waals surface area contributed by atoms with Crippen molar-refractivity contribution in [3.63, 3.8) is 0 Å². The highest BCUT2D eigenvalue weighted by Crippen LogP contribution is 2.37. The van der Waals surface area contributed by atoms with Crippen molar-refractivity contribution >= 4 is 21.4 Å². The van der Waals surface area contributed by atoms with Gasteiger partial charge < -0.3 is 5.32 Å². The summed E-state index contributed by atoms with van der Waals surface area (Å²) in [7, 11) is -4.08. The van der Waals surface area contributed by atoms with Gasteiger partial charge in [0.2, 0.25) is 9.84 Å². The highest BCUT2D eigenvalue weighted by atomic mass is 32.2. The van der Waals surface area contributed by atoms with Crippen LogP contribution in [0.1, 0.15) is 15.9 Å². The van der Waals surface area contributed by atoms with Crippen molar-refractivity contribution in [3.05, 3.63) is 53.6 Å². The molecule has 4 nitrogen and oxygen atoms in total. The number of alkyl halides is 3. The molecule has 0 aliphatic carbocycles. The van der Waals surface area contributed by atoms with Gasteiger partial charge in [0.25, 0.3) is 5.91 Å². The Morgan fingerprint density at radius 2 is 1.64 bits per heavy atom. The Morgan fingerprint density at radius 3 is 2.32 bits per heavy atom. The molecule has 114 valence electrons. The Balaban J connectivity index is 2.30. The number of anilines is 1. The quantitative estimate of drug-likeness (QED) is 0.809. The first-order chi connectivity index (χ1) is 10.2. The van der Waals surface area contributed by atoms with Crippen LogP contribution in [0.5, 0.6) is 0 Å². The fraction of sp³-hybridized carbons (Fsp3) is 0.0714. The van der Waals surface area contributed by atoms with Gasteiger partial charge in [-0.2, -0.15) is 13.2 Å². The van der Waals surface area contributed by atoms with E-state index < -0.39 is 27.5 Å². The van der Waals surface area contributed by atoms with Crippen molar-refractivity contribution in [3.8, 4) is 0 Å². The number of hydrogen-bond acceptors (Lipinski definition) is 3. The number of carbonyl (C=O) groups is 1. The lowest BCUT2D eigenvalue weighted by atomic mass is 10.1. The van der Waals surface area contributed by atoms with Crippen LogP contribution in [0.2, 0.25) is 0 Å². The largest absolute Gasteiger partial charge is 0.416 e. The summed E-state index contributed by atoms with van der Waals surface area (Å²) in [5.41, 5.74) is -1.52. The maximum atomic E-state index is 12.7. The minimum absolute atomic E-state index is 0.104. The zero-order valence-electron chi connectivity index (χ0n) is 10.8. The highest BCUT2D eigenvalue weighted by Gasteiger charge is 2.35. The predicted molar refractivity (Wildman–Crippen MR) is 71.3 cm³/mol. The normalized spacial score (nSPS) is 16.2. The van der Waals surface area contributed by atoms with Crippen molar-refractivity contribution in [2.45, 2.75) is 16.0 Å². The Hall–Kier alpha value is -2.35. The van der Waals surface area contributed by atoms with Gasteiger partial charge in [0.05, 0.1) is 26.6 Å². The molecule has 0 saturated heterocycles. The average molecular weight is 327 g/mol. The second-order valence-corrected chi connectivity index (χ2v) is 6.55. The van der Waals surface area contributed by atoms with Gasteiger partial charge in [-0.05, 0) is 30.3 Å². The number of benzene rings is 2. The lowest BCUT2D eigenvalue weighted by Gasteiger charge is -2.11. The van der Waals surface area contributed by atoms with Crippen LogP contribution in [0.15, 0.2) is 52.3 Å². The van der Waals surface area contributed by atoms with Crippen molar-refractivity contribution in [1.82, 2.24) is 0 Å². The molecular weight excluding hydrogens is 319 g/mol. The molecule has 0 unspecified atom stereocenters. The summed E-state index contributed by atoms with van der Waals surface area (Å²) >= 11 is 0. The third-order valence-electron chi connectivity index (χ3n) is 3.27. The minimum atomic E-state index is -4.64. The van der Waals surface area contributed by atoms with Gasteiger partial charge in [0.15, 0.2) is 0 Å². The number of hydrogen-bond donors (Lipinski definition) is 1. The van der Waals surface area contributed by atoms with E-state index >= 15 is 0 Å². The Labute approximate surface area is 123 Å². The molecule has 0 bridgehead atoms. The summed E-state index contributed by atoms with van der Waals surface area (Å²) in [6.45, 7) is 0. The van der Waals surface area contributed by atoms with Gasteiger partial charge in [-0.1, -0.05) is 12.1 Å². The van der Waals surface area contributed by atoms with Crippen LogP contribution in [-0.4, -0.2) is 14.3 Å². The van der Waals surface area contributed by atoms with E-state index in [1.54, 1.807) is 0 Å². The minimum Gasteiger partial charge on any atom is -0.321 e. The first kappa shape index (κ1) is 14.6. The first-order valence-electron chi connectivity index (χ1n) is 6.08. The summed E-state index contributed by atoms with van der Waals surface area (Å²) in [5.74, 6) is -0.766. The summed E-state index contributed by atoms with van der Waals surface area (Å²) in [6, 6.07) is 7.63. The highest BCUT2D eigenvalue weighted by molar-refractivity contribution is 7.91. The average Bonchev–Trinajstić information content (AvgIpc) is 2.53. The number of amides is 1. The molecule has 0 atom stereocenters. The molecule has 2 aromatic rings. The van der Waals surface area contributed by atoms with Crippen molar-refractivity contribution in [1.29, 1.82) is 0 Å². The number of sulfone groups is 1. The van der Waals surface area contributed by atoms with E-state index in [1.807, 2.05) is 0 Å². The van der Waals surface area contributed by atoms with E-state index in [4.69, 9.17) is 0 Å². The van der Waals surface area contributed by atoms with Crippen LogP contribution in [-0.2, 0) is 16.0 Å². The van der Waals surface area contributed by atoms with E-state index in [9.17, 15) is 26.4 Å². The molecule has 0 aromatic heterocycles. The molecule has 1 aliphatic rings. The van der Waals surface area contributed by atoms with E-state index in [1.165, 1.54) is 24.3 Å². The monoisotopic (exact) mass is 327 g/mol. The molecule has 1 N–H and O–H groups in total. The fourth-order valence-electron chi connectivity index (χ4n) is 2.24. The molecule has 1 heterocycles. The van der Waals surface area contributed by atoms with Gasteiger partial charge in [0, 0.05) is 0 Å². The van der Waals surface area contributed by atoms with E-state index in [0.29, 0.717) is 12.1 Å². The number of fused-ring (bicyclic) bond motifs is 2. The number of rotatable bonds is 0. The van der Waals surface area contributed by atoms with Crippen LogP contribution in [0.4, 0.5) is 18.9 Å². The van der Waals surface area contributed by atoms with Crippen molar-refractivity contribution in [2.75, 3.05) is 5.32 Å². The smallest absolute Gasteiger partial charge is 0.321 e. The van der Waals surface area contributed by atoms with Gasteiger partial charge in [0.1, 0.15) is 0 Å². The molecule has 0 saturated carbocycles. The third kappa shape index (κ3) is 2.16. The van der Waals surface area contributed by atoms with E-state index in [0.717, 1.165) is 6.07 Å². The standard InChI is InChI=1S/C14H8F3NO3S/c15-14(16,17)8-5-6-12-10(7-8)18-13(19)9-3-1-2-4-11(9)22(12,20)21/h1-7H,(H,18,19). The van der Waals surface area contributed by atoms with Gasteiger partial charge in [-0.3, -0.25) is 4.79 Å². The summed E-state index contributed by atoms with van der Waals surface area (Å²) in [5, 5.41) is 2.23. The molecule has 3 rings (SSSR count). The molecule has 2 aromatic carbocycles. The molecule has 1 amide bonds. The molecule has 8 heteroatoms. The molecule has 0 radical (unpaired) electrons. The maximum Gasteiger partial charge on any atom is 0.416 e. The summed E-state index contributed by atoms with van der Waals surface area (Å²) in [6.07, 6.45) is -4.64. The van der Waals surface area contributed by atoms with Crippen LogP contribution in [0, 0.1) is 0 Å². The van der Waals surface area contributed by atoms with E-state index in [-0.39, 0.29) is 21.0 Å². The number of nitrogens with one attached hydrogen (secondary N) is 1. The van der Waals surface area contributed by atoms with Gasteiger partial charge in [-0.25, -0.2) is 8.42 Å². The first-order valence-corrected chi connectivity index (χ1v) is 7.56. The SMILES string of the molecule is O=C1Nc2cc(C(F)(F)F)ccc2S(=O)(=O)c2ccccc21. The molecule has 22 heavy (non-hydrogen) atoms. The zero-order valence-corrected chi connectivity index (χ0v) is 11.6. The molecule has 0 fully saturated rings. The number of halogens is 3. The van der Waals surface area contributed by atoms with E-state index in [2.05, 4.69) is 5.32 Å². The molecule has 1 aliphatic heterocycles. The van der Waals surface area contributed by atoms with Gasteiger partial charge >= 0.3 is 6.18 Å². The maximum absolute atomic E-state index is 12.7. The predicted octanol–water partition coefficient (Wildman–Crippen LogP) is 3.10. The number of carbonyl (C=O) groups excluding carboxylic acids is 1. The molecule has 0 spiro atoms. The Kier molecular flexibility index (Phi) is 3.03. The Morgan fingerprint density at radius 1 is 0.955 bits per heavy atom. The van der Waals surface area contributed by atoms with Crippen molar-refractivity contribution < 1.29 is 26.4 Å². The van der Waals surface area contributed by atoms with Crippen LogP contribution in [0.3, 0.4) is 0 Å². The lowest BCUT2D eigenvalue weighted by molar-refractivity contribution is -0.137.